The molecule has 2 aromatic heterocycles. The summed E-state index contributed by atoms with van der Waals surface area (Å²) in [5, 5.41) is 8.13. The van der Waals surface area contributed by atoms with Gasteiger partial charge in [0.1, 0.15) is 0 Å². The van der Waals surface area contributed by atoms with E-state index in [0.717, 1.165) is 19.6 Å². The largest absolute Gasteiger partial charge is 0.273 e. The van der Waals surface area contributed by atoms with Crippen molar-refractivity contribution in [1.29, 1.82) is 0 Å². The molecule has 0 saturated carbocycles. The Morgan fingerprint density at radius 3 is 3.00 bits per heavy atom. The highest BCUT2D eigenvalue weighted by molar-refractivity contribution is 9.10. The molecule has 0 atom stereocenters. The normalized spacial score (nSPS) is 11.3. The highest BCUT2D eigenvalue weighted by atomic mass is 79.9. The minimum atomic E-state index is -0.166. The fourth-order valence-electron chi connectivity index (χ4n) is 1.72. The number of nitrogens with zero attached hydrogens (tertiary/aromatic N) is 3. The maximum atomic E-state index is 11.8. The van der Waals surface area contributed by atoms with Crippen molar-refractivity contribution >= 4 is 66.1 Å². The summed E-state index contributed by atoms with van der Waals surface area (Å²) in [6.45, 7) is 1.48. The Balaban J connectivity index is 1.97. The summed E-state index contributed by atoms with van der Waals surface area (Å²) in [4.78, 5) is 17.3. The standard InChI is InChI=1S/C14H10BrN3OS2/c1-9(19)18(16-8-11-3-2-6-20-11)14-17-12-5-4-10(15)7-13(12)21-14/h2-8H,1H3/b16-8-. The molecule has 21 heavy (non-hydrogen) atoms. The lowest BCUT2D eigenvalue weighted by molar-refractivity contribution is -0.116. The fraction of sp³-hybridized carbons (Fsp3) is 0.0714. The number of amides is 1. The summed E-state index contributed by atoms with van der Waals surface area (Å²) < 4.78 is 2.00. The molecule has 0 bridgehead atoms. The first-order valence-electron chi connectivity index (χ1n) is 6.08. The van der Waals surface area contributed by atoms with E-state index in [-0.39, 0.29) is 5.91 Å². The monoisotopic (exact) mass is 379 g/mol. The van der Waals surface area contributed by atoms with Crippen molar-refractivity contribution in [1.82, 2.24) is 4.98 Å². The minimum absolute atomic E-state index is 0.166. The Morgan fingerprint density at radius 2 is 2.29 bits per heavy atom. The molecule has 0 radical (unpaired) electrons. The van der Waals surface area contributed by atoms with E-state index in [2.05, 4.69) is 26.0 Å². The van der Waals surface area contributed by atoms with Crippen molar-refractivity contribution < 1.29 is 4.79 Å². The lowest BCUT2D eigenvalue weighted by atomic mass is 10.3. The molecule has 0 N–H and O–H groups in total. The number of carbonyl (C=O) groups excluding carboxylic acids is 1. The van der Waals surface area contributed by atoms with Crippen LogP contribution in [0.2, 0.25) is 0 Å². The van der Waals surface area contributed by atoms with Crippen LogP contribution in [-0.4, -0.2) is 17.1 Å². The van der Waals surface area contributed by atoms with Gasteiger partial charge in [-0.25, -0.2) is 4.98 Å². The topological polar surface area (TPSA) is 45.6 Å². The van der Waals surface area contributed by atoms with E-state index in [4.69, 9.17) is 0 Å². The zero-order chi connectivity index (χ0) is 14.8. The van der Waals surface area contributed by atoms with E-state index in [1.165, 1.54) is 23.3 Å². The molecule has 0 fully saturated rings. The summed E-state index contributed by atoms with van der Waals surface area (Å²) in [6.07, 6.45) is 1.67. The van der Waals surface area contributed by atoms with E-state index < -0.39 is 0 Å². The third kappa shape index (κ3) is 3.20. The average molecular weight is 380 g/mol. The first-order valence-corrected chi connectivity index (χ1v) is 8.57. The maximum Gasteiger partial charge on any atom is 0.246 e. The van der Waals surface area contributed by atoms with Gasteiger partial charge < -0.3 is 0 Å². The molecular weight excluding hydrogens is 370 g/mol. The smallest absolute Gasteiger partial charge is 0.246 e. The Labute approximate surface area is 137 Å². The number of carbonyl (C=O) groups is 1. The summed E-state index contributed by atoms with van der Waals surface area (Å²) in [6, 6.07) is 9.72. The second-order valence-electron chi connectivity index (χ2n) is 4.20. The quantitative estimate of drug-likeness (QED) is 0.496. The van der Waals surface area contributed by atoms with E-state index in [0.29, 0.717) is 5.13 Å². The average Bonchev–Trinajstić information content (AvgIpc) is 3.07. The molecule has 3 aromatic rings. The van der Waals surface area contributed by atoms with Crippen molar-refractivity contribution in [3.05, 3.63) is 45.1 Å². The van der Waals surface area contributed by atoms with Gasteiger partial charge >= 0.3 is 0 Å². The summed E-state index contributed by atoms with van der Waals surface area (Å²) in [5.41, 5.74) is 0.857. The molecule has 0 unspecified atom stereocenters. The number of aromatic nitrogens is 1. The van der Waals surface area contributed by atoms with Gasteiger partial charge in [0.05, 0.1) is 16.4 Å². The summed E-state index contributed by atoms with van der Waals surface area (Å²) >= 11 is 6.44. The number of halogens is 1. The second-order valence-corrected chi connectivity index (χ2v) is 7.10. The number of hydrogen-bond donors (Lipinski definition) is 0. The zero-order valence-electron chi connectivity index (χ0n) is 11.0. The molecule has 0 aliphatic carbocycles. The third-order valence-electron chi connectivity index (χ3n) is 2.66. The van der Waals surface area contributed by atoms with Crippen molar-refractivity contribution in [2.75, 3.05) is 5.01 Å². The van der Waals surface area contributed by atoms with Crippen LogP contribution in [0.1, 0.15) is 11.8 Å². The highest BCUT2D eigenvalue weighted by Gasteiger charge is 2.15. The van der Waals surface area contributed by atoms with Crippen molar-refractivity contribution in [2.45, 2.75) is 6.92 Å². The predicted octanol–water partition coefficient (Wildman–Crippen LogP) is 4.51. The van der Waals surface area contributed by atoms with Gasteiger partial charge in [-0.3, -0.25) is 4.79 Å². The predicted molar refractivity (Wildman–Crippen MR) is 92.4 cm³/mol. The number of rotatable bonds is 3. The van der Waals surface area contributed by atoms with E-state index in [9.17, 15) is 4.79 Å². The molecule has 0 saturated heterocycles. The Bertz CT molecular complexity index is 811. The molecular formula is C14H10BrN3OS2. The highest BCUT2D eigenvalue weighted by Crippen LogP contribution is 2.31. The molecule has 0 aliphatic rings. The molecule has 0 aliphatic heterocycles. The third-order valence-corrected chi connectivity index (χ3v) is 4.96. The number of hydrazone groups is 1. The first kappa shape index (κ1) is 14.4. The van der Waals surface area contributed by atoms with Crippen LogP contribution < -0.4 is 5.01 Å². The van der Waals surface area contributed by atoms with Gasteiger partial charge in [0.25, 0.3) is 0 Å². The number of thiophene rings is 1. The molecule has 1 amide bonds. The lowest BCUT2D eigenvalue weighted by Gasteiger charge is -2.09. The SMILES string of the molecule is CC(=O)N(/N=C\c1cccs1)c1nc2ccc(Br)cc2s1. The number of thiazole rings is 1. The van der Waals surface area contributed by atoms with Crippen LogP contribution in [0.25, 0.3) is 10.2 Å². The molecule has 106 valence electrons. The van der Waals surface area contributed by atoms with Crippen LogP contribution in [-0.2, 0) is 4.79 Å². The molecule has 2 heterocycles. The van der Waals surface area contributed by atoms with E-state index in [1.807, 2.05) is 35.7 Å². The maximum absolute atomic E-state index is 11.8. The summed E-state index contributed by atoms with van der Waals surface area (Å²) in [5.74, 6) is -0.166. The molecule has 0 spiro atoms. The van der Waals surface area contributed by atoms with Crippen molar-refractivity contribution in [3.8, 4) is 0 Å². The number of anilines is 1. The second kappa shape index (κ2) is 6.05. The van der Waals surface area contributed by atoms with Crippen LogP contribution >= 0.6 is 38.6 Å². The van der Waals surface area contributed by atoms with Gasteiger partial charge in [-0.15, -0.1) is 11.3 Å². The van der Waals surface area contributed by atoms with Gasteiger partial charge in [0.15, 0.2) is 0 Å². The Kier molecular flexibility index (Phi) is 4.14. The van der Waals surface area contributed by atoms with Gasteiger partial charge in [-0.05, 0) is 29.6 Å². The first-order chi connectivity index (χ1) is 10.1. The van der Waals surface area contributed by atoms with Gasteiger partial charge in [0, 0.05) is 16.3 Å². The van der Waals surface area contributed by atoms with Crippen LogP contribution in [0.3, 0.4) is 0 Å². The van der Waals surface area contributed by atoms with Gasteiger partial charge in [0.2, 0.25) is 11.0 Å². The fourth-order valence-corrected chi connectivity index (χ4v) is 3.82. The van der Waals surface area contributed by atoms with Crippen LogP contribution in [0.5, 0.6) is 0 Å². The van der Waals surface area contributed by atoms with Crippen LogP contribution in [0.4, 0.5) is 5.13 Å². The van der Waals surface area contributed by atoms with Crippen LogP contribution in [0, 0.1) is 0 Å². The molecule has 1 aromatic carbocycles. The van der Waals surface area contributed by atoms with E-state index in [1.54, 1.807) is 17.6 Å². The van der Waals surface area contributed by atoms with Crippen LogP contribution in [0.15, 0.2) is 45.3 Å². The van der Waals surface area contributed by atoms with Crippen molar-refractivity contribution in [3.63, 3.8) is 0 Å². The number of fused-ring (bicyclic) bond motifs is 1. The van der Waals surface area contributed by atoms with Gasteiger partial charge in [-0.2, -0.15) is 10.1 Å². The molecule has 4 nitrogen and oxygen atoms in total. The van der Waals surface area contributed by atoms with Gasteiger partial charge in [-0.1, -0.05) is 33.3 Å². The molecule has 3 rings (SSSR count). The summed E-state index contributed by atoms with van der Waals surface area (Å²) in [7, 11) is 0. The number of benzene rings is 1. The molecule has 7 heteroatoms. The zero-order valence-corrected chi connectivity index (χ0v) is 14.2. The Hall–Kier alpha value is -1.57. The Morgan fingerprint density at radius 1 is 1.43 bits per heavy atom. The van der Waals surface area contributed by atoms with Crippen molar-refractivity contribution in [2.24, 2.45) is 5.10 Å². The van der Waals surface area contributed by atoms with E-state index >= 15 is 0 Å². The lowest BCUT2D eigenvalue weighted by Crippen LogP contribution is -2.22. The minimum Gasteiger partial charge on any atom is -0.273 e. The number of hydrogen-bond acceptors (Lipinski definition) is 5.